The first-order valence-corrected chi connectivity index (χ1v) is 8.11. The zero-order chi connectivity index (χ0) is 17.5. The number of ketones is 1. The molecule has 2 rings (SSSR count). The van der Waals surface area contributed by atoms with Gasteiger partial charge in [0.25, 0.3) is 0 Å². The molecule has 126 valence electrons. The zero-order valence-electron chi connectivity index (χ0n) is 13.4. The molecule has 2 aromatic carbocycles. The molecule has 0 aromatic heterocycles. The summed E-state index contributed by atoms with van der Waals surface area (Å²) in [6.45, 7) is 2.10. The first kappa shape index (κ1) is 18.0. The number of hydrogen-bond acceptors (Lipinski definition) is 5. The van der Waals surface area contributed by atoms with Crippen LogP contribution in [0.4, 0.5) is 0 Å². The van der Waals surface area contributed by atoms with Crippen molar-refractivity contribution in [3.05, 3.63) is 58.1 Å². The van der Waals surface area contributed by atoms with Crippen LogP contribution < -0.4 is 9.47 Å². The molecule has 0 amide bonds. The molecule has 6 heteroatoms. The number of rotatable bonds is 7. The van der Waals surface area contributed by atoms with Crippen LogP contribution in [-0.2, 0) is 4.74 Å². The van der Waals surface area contributed by atoms with Gasteiger partial charge in [-0.2, -0.15) is 0 Å². The van der Waals surface area contributed by atoms with E-state index in [1.54, 1.807) is 42.5 Å². The molecule has 2 aromatic rings. The van der Waals surface area contributed by atoms with Crippen molar-refractivity contribution in [1.29, 1.82) is 0 Å². The predicted molar refractivity (Wildman–Crippen MR) is 92.9 cm³/mol. The molecule has 0 atom stereocenters. The Morgan fingerprint density at radius 3 is 2.33 bits per heavy atom. The van der Waals surface area contributed by atoms with Gasteiger partial charge in [-0.3, -0.25) is 4.79 Å². The maximum atomic E-state index is 12.1. The van der Waals surface area contributed by atoms with Gasteiger partial charge in [0.05, 0.1) is 19.3 Å². The Labute approximate surface area is 148 Å². The summed E-state index contributed by atoms with van der Waals surface area (Å²) in [6.07, 6.45) is 0. The monoisotopic (exact) mass is 392 g/mol. The standard InChI is InChI=1S/C18H17BrO5/c1-3-23-13-6-4-12(5-7-13)17(20)11-24-18(21)15-10-14(22-2)8-9-16(15)19/h4-10H,3,11H2,1-2H3. The van der Waals surface area contributed by atoms with Crippen molar-refractivity contribution in [2.45, 2.75) is 6.92 Å². The number of halogens is 1. The Balaban J connectivity index is 1.99. The van der Waals surface area contributed by atoms with Crippen LogP contribution in [0.2, 0.25) is 0 Å². The van der Waals surface area contributed by atoms with E-state index in [9.17, 15) is 9.59 Å². The summed E-state index contributed by atoms with van der Waals surface area (Å²) in [6, 6.07) is 11.6. The van der Waals surface area contributed by atoms with Gasteiger partial charge in [0.2, 0.25) is 0 Å². The molecule has 0 saturated carbocycles. The van der Waals surface area contributed by atoms with Crippen molar-refractivity contribution < 1.29 is 23.8 Å². The van der Waals surface area contributed by atoms with Gasteiger partial charge in [-0.05, 0) is 65.3 Å². The van der Waals surface area contributed by atoms with E-state index in [0.717, 1.165) is 0 Å². The number of carbonyl (C=O) groups is 2. The highest BCUT2D eigenvalue weighted by molar-refractivity contribution is 9.10. The summed E-state index contributed by atoms with van der Waals surface area (Å²) in [7, 11) is 1.51. The van der Waals surface area contributed by atoms with Crippen molar-refractivity contribution in [3.8, 4) is 11.5 Å². The van der Waals surface area contributed by atoms with Gasteiger partial charge in [-0.25, -0.2) is 4.79 Å². The Kier molecular flexibility index (Phi) is 6.37. The van der Waals surface area contributed by atoms with E-state index < -0.39 is 5.97 Å². The number of hydrogen-bond donors (Lipinski definition) is 0. The van der Waals surface area contributed by atoms with Gasteiger partial charge in [0, 0.05) is 10.0 Å². The van der Waals surface area contributed by atoms with Crippen molar-refractivity contribution in [3.63, 3.8) is 0 Å². The molecule has 5 nitrogen and oxygen atoms in total. The van der Waals surface area contributed by atoms with E-state index in [0.29, 0.717) is 33.7 Å². The second-order valence-electron chi connectivity index (χ2n) is 4.80. The summed E-state index contributed by atoms with van der Waals surface area (Å²) in [5.74, 6) is 0.333. The average Bonchev–Trinajstić information content (AvgIpc) is 2.60. The van der Waals surface area contributed by atoms with Crippen LogP contribution in [0.15, 0.2) is 46.9 Å². The third-order valence-electron chi connectivity index (χ3n) is 3.22. The van der Waals surface area contributed by atoms with Crippen LogP contribution in [0.25, 0.3) is 0 Å². The number of Topliss-reactive ketones (excluding diaryl/α,β-unsaturated/α-hetero) is 1. The summed E-state index contributed by atoms with van der Waals surface area (Å²) < 4.78 is 16.1. The van der Waals surface area contributed by atoms with Gasteiger partial charge in [0.15, 0.2) is 12.4 Å². The molecule has 0 spiro atoms. The maximum Gasteiger partial charge on any atom is 0.339 e. The summed E-state index contributed by atoms with van der Waals surface area (Å²) in [5.41, 5.74) is 0.754. The second-order valence-corrected chi connectivity index (χ2v) is 5.66. The zero-order valence-corrected chi connectivity index (χ0v) is 15.0. The highest BCUT2D eigenvalue weighted by Gasteiger charge is 2.15. The fraction of sp³-hybridized carbons (Fsp3) is 0.222. The molecule has 0 saturated heterocycles. The quantitative estimate of drug-likeness (QED) is 0.528. The van der Waals surface area contributed by atoms with E-state index in [-0.39, 0.29) is 12.4 Å². The number of ether oxygens (including phenoxy) is 3. The van der Waals surface area contributed by atoms with E-state index >= 15 is 0 Å². The Hall–Kier alpha value is -2.34. The molecule has 0 aliphatic carbocycles. The Morgan fingerprint density at radius 1 is 1.04 bits per heavy atom. The smallest absolute Gasteiger partial charge is 0.339 e. The number of methoxy groups -OCH3 is 1. The molecule has 0 heterocycles. The minimum absolute atomic E-state index is 0.287. The van der Waals surface area contributed by atoms with Crippen LogP contribution in [0, 0.1) is 0 Å². The SMILES string of the molecule is CCOc1ccc(C(=O)COC(=O)c2cc(OC)ccc2Br)cc1. The van der Waals surface area contributed by atoms with Crippen molar-refractivity contribution in [1.82, 2.24) is 0 Å². The summed E-state index contributed by atoms with van der Waals surface area (Å²) >= 11 is 3.28. The molecular formula is C18H17BrO5. The topological polar surface area (TPSA) is 61.8 Å². The van der Waals surface area contributed by atoms with Gasteiger partial charge < -0.3 is 14.2 Å². The van der Waals surface area contributed by atoms with Crippen LogP contribution in [-0.4, -0.2) is 32.1 Å². The van der Waals surface area contributed by atoms with Crippen LogP contribution in [0.3, 0.4) is 0 Å². The predicted octanol–water partition coefficient (Wildman–Crippen LogP) is 3.90. The first-order valence-electron chi connectivity index (χ1n) is 7.32. The Bertz CT molecular complexity index is 725. The van der Waals surface area contributed by atoms with E-state index in [1.807, 2.05) is 6.92 Å². The molecule has 0 fully saturated rings. The lowest BCUT2D eigenvalue weighted by Crippen LogP contribution is -2.14. The summed E-state index contributed by atoms with van der Waals surface area (Å²) in [4.78, 5) is 24.2. The third kappa shape index (κ3) is 4.58. The van der Waals surface area contributed by atoms with E-state index in [2.05, 4.69) is 15.9 Å². The fourth-order valence-electron chi connectivity index (χ4n) is 1.98. The highest BCUT2D eigenvalue weighted by Crippen LogP contribution is 2.23. The molecule has 24 heavy (non-hydrogen) atoms. The minimum Gasteiger partial charge on any atom is -0.497 e. The van der Waals surface area contributed by atoms with Crippen LogP contribution >= 0.6 is 15.9 Å². The third-order valence-corrected chi connectivity index (χ3v) is 3.91. The van der Waals surface area contributed by atoms with Gasteiger partial charge in [-0.15, -0.1) is 0 Å². The largest absolute Gasteiger partial charge is 0.497 e. The number of carbonyl (C=O) groups excluding carboxylic acids is 2. The van der Waals surface area contributed by atoms with E-state index in [4.69, 9.17) is 14.2 Å². The highest BCUT2D eigenvalue weighted by atomic mass is 79.9. The van der Waals surface area contributed by atoms with Gasteiger partial charge in [0.1, 0.15) is 11.5 Å². The van der Waals surface area contributed by atoms with Crippen LogP contribution in [0.5, 0.6) is 11.5 Å². The normalized spacial score (nSPS) is 10.1. The maximum absolute atomic E-state index is 12.1. The Morgan fingerprint density at radius 2 is 1.71 bits per heavy atom. The molecule has 0 aliphatic rings. The second kappa shape index (κ2) is 8.49. The lowest BCUT2D eigenvalue weighted by molar-refractivity contribution is 0.0473. The lowest BCUT2D eigenvalue weighted by Gasteiger charge is -2.08. The molecular weight excluding hydrogens is 376 g/mol. The lowest BCUT2D eigenvalue weighted by atomic mass is 10.1. The molecule has 0 radical (unpaired) electrons. The first-order chi connectivity index (χ1) is 11.5. The average molecular weight is 393 g/mol. The molecule has 0 aliphatic heterocycles. The summed E-state index contributed by atoms with van der Waals surface area (Å²) in [5, 5.41) is 0. The number of esters is 1. The van der Waals surface area contributed by atoms with Crippen molar-refractivity contribution in [2.24, 2.45) is 0 Å². The van der Waals surface area contributed by atoms with Crippen molar-refractivity contribution >= 4 is 27.7 Å². The minimum atomic E-state index is -0.597. The van der Waals surface area contributed by atoms with E-state index in [1.165, 1.54) is 7.11 Å². The molecule has 0 bridgehead atoms. The fourth-order valence-corrected chi connectivity index (χ4v) is 2.39. The van der Waals surface area contributed by atoms with Crippen molar-refractivity contribution in [2.75, 3.05) is 20.3 Å². The van der Waals surface area contributed by atoms with Crippen LogP contribution in [0.1, 0.15) is 27.6 Å². The molecule has 0 unspecified atom stereocenters. The van der Waals surface area contributed by atoms with Gasteiger partial charge >= 0.3 is 5.97 Å². The van der Waals surface area contributed by atoms with Gasteiger partial charge in [-0.1, -0.05) is 0 Å². The number of benzene rings is 2. The molecule has 0 N–H and O–H groups in total.